The molecule has 1 amide bonds. The molecule has 108 valence electrons. The van der Waals surface area contributed by atoms with Crippen molar-refractivity contribution in [2.75, 3.05) is 20.2 Å². The Kier molecular flexibility index (Phi) is 4.57. The van der Waals surface area contributed by atoms with Crippen molar-refractivity contribution in [1.82, 2.24) is 4.90 Å². The molecule has 0 aliphatic carbocycles. The maximum atomic E-state index is 12.3. The molecule has 1 saturated heterocycles. The molecule has 0 unspecified atom stereocenters. The fourth-order valence-corrected chi connectivity index (χ4v) is 2.51. The van der Waals surface area contributed by atoms with Gasteiger partial charge in [0.25, 0.3) is 11.6 Å². The lowest BCUT2D eigenvalue weighted by atomic mass is 10.1. The number of rotatable bonds is 3. The Morgan fingerprint density at radius 1 is 1.45 bits per heavy atom. The number of hydrogen-bond donors (Lipinski definition) is 0. The molecule has 0 N–H and O–H groups in total. The third-order valence-electron chi connectivity index (χ3n) is 3.46. The highest BCUT2D eigenvalue weighted by atomic mass is 35.5. The summed E-state index contributed by atoms with van der Waals surface area (Å²) in [6, 6.07) is 3.91. The van der Waals surface area contributed by atoms with Gasteiger partial charge in [-0.2, -0.15) is 0 Å². The zero-order valence-corrected chi connectivity index (χ0v) is 11.8. The highest BCUT2D eigenvalue weighted by Gasteiger charge is 2.25. The van der Waals surface area contributed by atoms with Crippen LogP contribution in [0, 0.1) is 10.1 Å². The molecule has 0 saturated carbocycles. The second-order valence-electron chi connectivity index (χ2n) is 4.65. The van der Waals surface area contributed by atoms with Crippen LogP contribution >= 0.6 is 11.6 Å². The number of piperidine rings is 1. The van der Waals surface area contributed by atoms with Gasteiger partial charge in [-0.25, -0.2) is 0 Å². The first-order valence-corrected chi connectivity index (χ1v) is 6.66. The standard InChI is InChI=1S/C13H15ClN2O4/c1-20-10-4-6-15(7-5-10)13(17)11-3-2-9(16(18)19)8-12(11)14/h2-3,8,10H,4-7H2,1H3. The SMILES string of the molecule is COC1CCN(C(=O)c2ccc([N+](=O)[O-])cc2Cl)CC1. The van der Waals surface area contributed by atoms with E-state index in [4.69, 9.17) is 16.3 Å². The molecule has 2 rings (SSSR count). The molecule has 6 nitrogen and oxygen atoms in total. The molecular weight excluding hydrogens is 284 g/mol. The van der Waals surface area contributed by atoms with Gasteiger partial charge in [0.05, 0.1) is 21.6 Å². The van der Waals surface area contributed by atoms with Crippen LogP contribution in [-0.4, -0.2) is 42.0 Å². The number of nitro groups is 1. The van der Waals surface area contributed by atoms with Gasteiger partial charge in [0.15, 0.2) is 0 Å². The minimum absolute atomic E-state index is 0.109. The van der Waals surface area contributed by atoms with Crippen LogP contribution in [0.15, 0.2) is 18.2 Å². The third kappa shape index (κ3) is 3.08. The van der Waals surface area contributed by atoms with Crippen molar-refractivity contribution < 1.29 is 14.5 Å². The second-order valence-corrected chi connectivity index (χ2v) is 5.06. The highest BCUT2D eigenvalue weighted by molar-refractivity contribution is 6.34. The van der Waals surface area contributed by atoms with Crippen molar-refractivity contribution in [1.29, 1.82) is 0 Å². The summed E-state index contributed by atoms with van der Waals surface area (Å²) < 4.78 is 5.25. The van der Waals surface area contributed by atoms with Gasteiger partial charge < -0.3 is 9.64 Å². The largest absolute Gasteiger partial charge is 0.381 e. The van der Waals surface area contributed by atoms with Crippen LogP contribution in [0.5, 0.6) is 0 Å². The predicted octanol–water partition coefficient (Wildman–Crippen LogP) is 2.50. The highest BCUT2D eigenvalue weighted by Crippen LogP contribution is 2.25. The Morgan fingerprint density at radius 2 is 2.10 bits per heavy atom. The van der Waals surface area contributed by atoms with Crippen molar-refractivity contribution in [3.8, 4) is 0 Å². The zero-order chi connectivity index (χ0) is 14.7. The lowest BCUT2D eigenvalue weighted by molar-refractivity contribution is -0.384. The molecule has 0 spiro atoms. The smallest absolute Gasteiger partial charge is 0.270 e. The Labute approximate surface area is 121 Å². The molecule has 1 aliphatic rings. The molecule has 20 heavy (non-hydrogen) atoms. The van der Waals surface area contributed by atoms with Gasteiger partial charge in [0.2, 0.25) is 0 Å². The number of methoxy groups -OCH3 is 1. The van der Waals surface area contributed by atoms with Crippen molar-refractivity contribution in [2.45, 2.75) is 18.9 Å². The lowest BCUT2D eigenvalue weighted by Crippen LogP contribution is -2.40. The summed E-state index contributed by atoms with van der Waals surface area (Å²) in [6.07, 6.45) is 1.76. The van der Waals surface area contributed by atoms with E-state index in [1.165, 1.54) is 18.2 Å². The van der Waals surface area contributed by atoms with E-state index in [-0.39, 0.29) is 22.7 Å². The molecule has 7 heteroatoms. The normalized spacial score (nSPS) is 16.2. The Bertz CT molecular complexity index is 527. The number of nitrogens with zero attached hydrogens (tertiary/aromatic N) is 2. The van der Waals surface area contributed by atoms with Gasteiger partial charge >= 0.3 is 0 Å². The summed E-state index contributed by atoms with van der Waals surface area (Å²) >= 11 is 5.97. The zero-order valence-electron chi connectivity index (χ0n) is 11.0. The van der Waals surface area contributed by atoms with E-state index in [1.54, 1.807) is 12.0 Å². The van der Waals surface area contributed by atoms with Crippen molar-refractivity contribution >= 4 is 23.2 Å². The fourth-order valence-electron chi connectivity index (χ4n) is 2.26. The first-order chi connectivity index (χ1) is 9.52. The van der Waals surface area contributed by atoms with Crippen LogP contribution in [0.1, 0.15) is 23.2 Å². The number of benzene rings is 1. The van der Waals surface area contributed by atoms with E-state index in [9.17, 15) is 14.9 Å². The average Bonchev–Trinajstić information content (AvgIpc) is 2.46. The number of non-ortho nitro benzene ring substituents is 1. The van der Waals surface area contributed by atoms with E-state index in [0.29, 0.717) is 18.7 Å². The number of carbonyl (C=O) groups is 1. The number of amides is 1. The third-order valence-corrected chi connectivity index (χ3v) is 3.77. The van der Waals surface area contributed by atoms with Gasteiger partial charge in [-0.15, -0.1) is 0 Å². The number of hydrogen-bond acceptors (Lipinski definition) is 4. The fraction of sp³-hybridized carbons (Fsp3) is 0.462. The van der Waals surface area contributed by atoms with E-state index >= 15 is 0 Å². The van der Waals surface area contributed by atoms with Gasteiger partial charge in [-0.3, -0.25) is 14.9 Å². The molecule has 1 aromatic rings. The Hall–Kier alpha value is -1.66. The van der Waals surface area contributed by atoms with Crippen molar-refractivity contribution in [3.63, 3.8) is 0 Å². The number of nitro benzene ring substituents is 1. The molecule has 1 heterocycles. The van der Waals surface area contributed by atoms with Crippen molar-refractivity contribution in [2.24, 2.45) is 0 Å². The van der Waals surface area contributed by atoms with Crippen LogP contribution in [0.2, 0.25) is 5.02 Å². The maximum absolute atomic E-state index is 12.3. The molecule has 0 atom stereocenters. The summed E-state index contributed by atoms with van der Waals surface area (Å²) in [5, 5.41) is 10.8. The summed E-state index contributed by atoms with van der Waals surface area (Å²) in [7, 11) is 1.66. The van der Waals surface area contributed by atoms with Crippen molar-refractivity contribution in [3.05, 3.63) is 38.9 Å². The average molecular weight is 299 g/mol. The first-order valence-electron chi connectivity index (χ1n) is 6.29. The van der Waals surface area contributed by atoms with E-state index in [0.717, 1.165) is 12.8 Å². The first kappa shape index (κ1) is 14.7. The minimum Gasteiger partial charge on any atom is -0.381 e. The summed E-state index contributed by atoms with van der Waals surface area (Å²) in [6.45, 7) is 1.20. The number of halogens is 1. The van der Waals surface area contributed by atoms with E-state index < -0.39 is 4.92 Å². The second kappa shape index (κ2) is 6.19. The predicted molar refractivity (Wildman–Crippen MR) is 74.0 cm³/mol. The molecule has 1 aliphatic heterocycles. The quantitative estimate of drug-likeness (QED) is 0.635. The van der Waals surface area contributed by atoms with Gasteiger partial charge in [0, 0.05) is 32.3 Å². The van der Waals surface area contributed by atoms with Crippen LogP contribution < -0.4 is 0 Å². The van der Waals surface area contributed by atoms with E-state index in [1.807, 2.05) is 0 Å². The van der Waals surface area contributed by atoms with Crippen LogP contribution in [0.25, 0.3) is 0 Å². The maximum Gasteiger partial charge on any atom is 0.270 e. The van der Waals surface area contributed by atoms with Gasteiger partial charge in [0.1, 0.15) is 0 Å². The number of ether oxygens (including phenoxy) is 1. The lowest BCUT2D eigenvalue weighted by Gasteiger charge is -2.31. The molecule has 0 aromatic heterocycles. The summed E-state index contributed by atoms with van der Waals surface area (Å²) in [5.41, 5.74) is 0.178. The molecular formula is C13H15ClN2O4. The van der Waals surface area contributed by atoms with E-state index in [2.05, 4.69) is 0 Å². The Morgan fingerprint density at radius 3 is 2.60 bits per heavy atom. The summed E-state index contributed by atoms with van der Waals surface area (Å²) in [5.74, 6) is -0.195. The van der Waals surface area contributed by atoms with Crippen LogP contribution in [-0.2, 0) is 4.74 Å². The molecule has 1 aromatic carbocycles. The molecule has 1 fully saturated rings. The topological polar surface area (TPSA) is 72.7 Å². The Balaban J connectivity index is 2.12. The molecule has 0 bridgehead atoms. The minimum atomic E-state index is -0.537. The van der Waals surface area contributed by atoms with Gasteiger partial charge in [-0.05, 0) is 18.9 Å². The monoisotopic (exact) mass is 298 g/mol. The van der Waals surface area contributed by atoms with Crippen LogP contribution in [0.3, 0.4) is 0 Å². The number of carbonyl (C=O) groups excluding carboxylic acids is 1. The van der Waals surface area contributed by atoms with Gasteiger partial charge in [-0.1, -0.05) is 11.6 Å². The number of likely N-dealkylation sites (tertiary alicyclic amines) is 1. The van der Waals surface area contributed by atoms with Crippen LogP contribution in [0.4, 0.5) is 5.69 Å². The molecule has 0 radical (unpaired) electrons. The summed E-state index contributed by atoms with van der Waals surface area (Å²) in [4.78, 5) is 24.1.